The zero-order valence-corrected chi connectivity index (χ0v) is 8.51. The van der Waals surface area contributed by atoms with Gasteiger partial charge in [0.25, 0.3) is 0 Å². The Balaban J connectivity index is 2.67. The molecule has 3 atom stereocenters. The van der Waals surface area contributed by atoms with E-state index >= 15 is 0 Å². The summed E-state index contributed by atoms with van der Waals surface area (Å²) >= 11 is 0. The summed E-state index contributed by atoms with van der Waals surface area (Å²) in [6.07, 6.45) is -0.532. The van der Waals surface area contributed by atoms with Gasteiger partial charge in [-0.15, -0.1) is 0 Å². The van der Waals surface area contributed by atoms with Crippen LogP contribution in [0.2, 0.25) is 0 Å². The van der Waals surface area contributed by atoms with Crippen molar-refractivity contribution in [2.75, 3.05) is 19.8 Å². The molecule has 0 aromatic rings. The van der Waals surface area contributed by atoms with Gasteiger partial charge in [0.2, 0.25) is 0 Å². The summed E-state index contributed by atoms with van der Waals surface area (Å²) in [5.74, 6) is -0.891. The third-order valence-corrected chi connectivity index (χ3v) is 2.68. The van der Waals surface area contributed by atoms with Crippen LogP contribution in [0.25, 0.3) is 0 Å². The summed E-state index contributed by atoms with van der Waals surface area (Å²) in [5, 5.41) is 18.3. The minimum absolute atomic E-state index is 0.153. The quantitative estimate of drug-likeness (QED) is 0.649. The van der Waals surface area contributed by atoms with Gasteiger partial charge in [-0.3, -0.25) is 9.69 Å². The number of carbonyl (C=O) groups is 1. The molecule has 5 nitrogen and oxygen atoms in total. The SMILES string of the molecule is CC(O)C(C)N1CCOCC1C(=O)O. The Bertz CT molecular complexity index is 207. The van der Waals surface area contributed by atoms with Crippen molar-refractivity contribution >= 4 is 5.97 Å². The van der Waals surface area contributed by atoms with Gasteiger partial charge in [0, 0.05) is 12.6 Å². The van der Waals surface area contributed by atoms with Gasteiger partial charge in [-0.1, -0.05) is 0 Å². The van der Waals surface area contributed by atoms with E-state index in [0.29, 0.717) is 13.2 Å². The van der Waals surface area contributed by atoms with E-state index in [9.17, 15) is 9.90 Å². The molecule has 0 bridgehead atoms. The highest BCUT2D eigenvalue weighted by Gasteiger charge is 2.33. The number of morpholine rings is 1. The van der Waals surface area contributed by atoms with Crippen molar-refractivity contribution in [3.63, 3.8) is 0 Å². The van der Waals surface area contributed by atoms with Gasteiger partial charge in [0.05, 0.1) is 19.3 Å². The van der Waals surface area contributed by atoms with Crippen molar-refractivity contribution in [2.24, 2.45) is 0 Å². The summed E-state index contributed by atoms with van der Waals surface area (Å²) in [5.41, 5.74) is 0. The Morgan fingerprint density at radius 1 is 1.57 bits per heavy atom. The Labute approximate surface area is 83.3 Å². The van der Waals surface area contributed by atoms with Crippen molar-refractivity contribution in [2.45, 2.75) is 32.0 Å². The lowest BCUT2D eigenvalue weighted by atomic mass is 10.1. The van der Waals surface area contributed by atoms with Crippen molar-refractivity contribution in [3.8, 4) is 0 Å². The average molecular weight is 203 g/mol. The Morgan fingerprint density at radius 3 is 2.71 bits per heavy atom. The standard InChI is InChI=1S/C9H17NO4/c1-6(7(2)11)10-3-4-14-5-8(10)9(12)13/h6-8,11H,3-5H2,1-2H3,(H,12,13). The molecule has 0 saturated carbocycles. The molecule has 0 amide bonds. The number of aliphatic hydroxyl groups is 1. The number of aliphatic carboxylic acids is 1. The average Bonchev–Trinajstić information content (AvgIpc) is 2.16. The van der Waals surface area contributed by atoms with Crippen LogP contribution in [0.4, 0.5) is 0 Å². The lowest BCUT2D eigenvalue weighted by Gasteiger charge is -2.38. The molecule has 0 aromatic heterocycles. The molecule has 5 heteroatoms. The van der Waals surface area contributed by atoms with Crippen LogP contribution in [-0.4, -0.2) is 59.0 Å². The Hall–Kier alpha value is -0.650. The first kappa shape index (κ1) is 11.4. The van der Waals surface area contributed by atoms with Gasteiger partial charge in [0.15, 0.2) is 0 Å². The second-order valence-corrected chi connectivity index (χ2v) is 3.65. The van der Waals surface area contributed by atoms with E-state index in [4.69, 9.17) is 9.84 Å². The maximum Gasteiger partial charge on any atom is 0.323 e. The molecular formula is C9H17NO4. The second kappa shape index (κ2) is 4.72. The topological polar surface area (TPSA) is 70.0 Å². The maximum absolute atomic E-state index is 10.9. The number of nitrogens with zero attached hydrogens (tertiary/aromatic N) is 1. The van der Waals surface area contributed by atoms with Crippen molar-refractivity contribution in [1.29, 1.82) is 0 Å². The van der Waals surface area contributed by atoms with Gasteiger partial charge in [-0.25, -0.2) is 0 Å². The number of hydrogen-bond donors (Lipinski definition) is 2. The fourth-order valence-corrected chi connectivity index (χ4v) is 1.59. The summed E-state index contributed by atoms with van der Waals surface area (Å²) < 4.78 is 5.10. The summed E-state index contributed by atoms with van der Waals surface area (Å²) in [7, 11) is 0. The number of aliphatic hydroxyl groups excluding tert-OH is 1. The normalized spacial score (nSPS) is 28.4. The molecule has 1 aliphatic heterocycles. The fourth-order valence-electron chi connectivity index (χ4n) is 1.59. The van der Waals surface area contributed by atoms with Crippen LogP contribution in [0.3, 0.4) is 0 Å². The largest absolute Gasteiger partial charge is 0.480 e. The van der Waals surface area contributed by atoms with Crippen LogP contribution < -0.4 is 0 Å². The molecule has 1 saturated heterocycles. The molecule has 14 heavy (non-hydrogen) atoms. The Kier molecular flexibility index (Phi) is 3.86. The number of carboxylic acids is 1. The summed E-state index contributed by atoms with van der Waals surface area (Å²) in [6, 6.07) is -0.784. The highest BCUT2D eigenvalue weighted by molar-refractivity contribution is 5.73. The van der Waals surface area contributed by atoms with E-state index < -0.39 is 18.1 Å². The predicted octanol–water partition coefficient (Wildman–Crippen LogP) is -0.459. The first-order chi connectivity index (χ1) is 6.54. The highest BCUT2D eigenvalue weighted by Crippen LogP contribution is 2.13. The molecular weight excluding hydrogens is 186 g/mol. The first-order valence-corrected chi connectivity index (χ1v) is 4.78. The molecule has 82 valence electrons. The second-order valence-electron chi connectivity index (χ2n) is 3.65. The van der Waals surface area contributed by atoms with Gasteiger partial charge in [-0.05, 0) is 13.8 Å². The summed E-state index contributed by atoms with van der Waals surface area (Å²) in [6.45, 7) is 4.78. The van der Waals surface area contributed by atoms with E-state index in [-0.39, 0.29) is 12.6 Å². The third kappa shape index (κ3) is 2.43. The van der Waals surface area contributed by atoms with E-state index in [1.54, 1.807) is 11.8 Å². The van der Waals surface area contributed by atoms with Gasteiger partial charge >= 0.3 is 5.97 Å². The van der Waals surface area contributed by atoms with Crippen LogP contribution in [0.15, 0.2) is 0 Å². The van der Waals surface area contributed by atoms with E-state index in [1.807, 2.05) is 6.92 Å². The molecule has 1 rings (SSSR count). The monoisotopic (exact) mass is 203 g/mol. The smallest absolute Gasteiger partial charge is 0.323 e. The zero-order chi connectivity index (χ0) is 10.7. The predicted molar refractivity (Wildman–Crippen MR) is 50.1 cm³/mol. The number of carboxylic acid groups (broad SMARTS) is 1. The van der Waals surface area contributed by atoms with Gasteiger partial charge in [-0.2, -0.15) is 0 Å². The Morgan fingerprint density at radius 2 is 2.21 bits per heavy atom. The van der Waals surface area contributed by atoms with Gasteiger partial charge < -0.3 is 14.9 Å². The minimum atomic E-state index is -0.891. The van der Waals surface area contributed by atoms with Crippen LogP contribution in [0, 0.1) is 0 Å². The van der Waals surface area contributed by atoms with Crippen molar-refractivity contribution in [3.05, 3.63) is 0 Å². The molecule has 0 spiro atoms. The number of rotatable bonds is 3. The molecule has 0 aliphatic carbocycles. The third-order valence-electron chi connectivity index (χ3n) is 2.68. The van der Waals surface area contributed by atoms with E-state index in [0.717, 1.165) is 0 Å². The first-order valence-electron chi connectivity index (χ1n) is 4.78. The number of hydrogen-bond acceptors (Lipinski definition) is 4. The molecule has 0 radical (unpaired) electrons. The van der Waals surface area contributed by atoms with E-state index in [1.165, 1.54) is 0 Å². The van der Waals surface area contributed by atoms with Gasteiger partial charge in [0.1, 0.15) is 6.04 Å². The van der Waals surface area contributed by atoms with Crippen LogP contribution in [0.1, 0.15) is 13.8 Å². The van der Waals surface area contributed by atoms with Crippen molar-refractivity contribution in [1.82, 2.24) is 4.90 Å². The zero-order valence-electron chi connectivity index (χ0n) is 8.51. The van der Waals surface area contributed by atoms with Crippen LogP contribution in [0.5, 0.6) is 0 Å². The maximum atomic E-state index is 10.9. The van der Waals surface area contributed by atoms with E-state index in [2.05, 4.69) is 0 Å². The number of ether oxygens (including phenoxy) is 1. The van der Waals surface area contributed by atoms with Crippen LogP contribution >= 0.6 is 0 Å². The van der Waals surface area contributed by atoms with Crippen LogP contribution in [-0.2, 0) is 9.53 Å². The molecule has 1 heterocycles. The summed E-state index contributed by atoms with van der Waals surface area (Å²) in [4.78, 5) is 12.7. The molecule has 0 aromatic carbocycles. The molecule has 1 fully saturated rings. The van der Waals surface area contributed by atoms with Crippen molar-refractivity contribution < 1.29 is 19.7 Å². The minimum Gasteiger partial charge on any atom is -0.480 e. The molecule has 3 unspecified atom stereocenters. The molecule has 1 aliphatic rings. The highest BCUT2D eigenvalue weighted by atomic mass is 16.5. The lowest BCUT2D eigenvalue weighted by molar-refractivity contribution is -0.153. The lowest BCUT2D eigenvalue weighted by Crippen LogP contribution is -2.56. The fraction of sp³-hybridized carbons (Fsp3) is 0.889. The molecule has 2 N–H and O–H groups in total.